The second-order valence-electron chi connectivity index (χ2n) is 7.65. The van der Waals surface area contributed by atoms with Gasteiger partial charge in [0.2, 0.25) is 0 Å². The summed E-state index contributed by atoms with van der Waals surface area (Å²) in [5, 5.41) is 1.14. The Bertz CT molecular complexity index is 1350. The molecule has 0 fully saturated rings. The van der Waals surface area contributed by atoms with Crippen LogP contribution in [-0.2, 0) is 9.59 Å². The van der Waals surface area contributed by atoms with Gasteiger partial charge in [-0.15, -0.1) is 0 Å². The van der Waals surface area contributed by atoms with Crippen LogP contribution in [0.2, 0.25) is 5.02 Å². The maximum Gasteiger partial charge on any atom is 0.197 e. The lowest BCUT2D eigenvalue weighted by Gasteiger charge is -2.20. The first kappa shape index (κ1) is 21.5. The van der Waals surface area contributed by atoms with Gasteiger partial charge in [-0.2, -0.15) is 0 Å². The van der Waals surface area contributed by atoms with Crippen molar-refractivity contribution < 1.29 is 18.8 Å². The summed E-state index contributed by atoms with van der Waals surface area (Å²) in [4.78, 5) is 40.4. The summed E-state index contributed by atoms with van der Waals surface area (Å²) in [6.07, 6.45) is 3.76. The zero-order valence-electron chi connectivity index (χ0n) is 17.8. The van der Waals surface area contributed by atoms with Gasteiger partial charge in [0.1, 0.15) is 11.3 Å². The van der Waals surface area contributed by atoms with Crippen LogP contribution in [0.15, 0.2) is 82.4 Å². The smallest absolute Gasteiger partial charge is 0.197 e. The van der Waals surface area contributed by atoms with Gasteiger partial charge in [0.05, 0.1) is 5.56 Å². The van der Waals surface area contributed by atoms with Gasteiger partial charge in [-0.05, 0) is 55.5 Å². The van der Waals surface area contributed by atoms with Crippen LogP contribution in [0.25, 0.3) is 16.5 Å². The van der Waals surface area contributed by atoms with Gasteiger partial charge in [0.25, 0.3) is 0 Å². The predicted molar refractivity (Wildman–Crippen MR) is 125 cm³/mol. The minimum atomic E-state index is -0.328. The summed E-state index contributed by atoms with van der Waals surface area (Å²) in [5.74, 6) is -0.645. The molecule has 0 amide bonds. The van der Waals surface area contributed by atoms with E-state index in [9.17, 15) is 14.4 Å². The largest absolute Gasteiger partial charge is 0.455 e. The van der Waals surface area contributed by atoms with Crippen LogP contribution >= 0.6 is 11.6 Å². The number of carbonyl (C=O) groups excluding carboxylic acids is 3. The van der Waals surface area contributed by atoms with E-state index in [1.54, 1.807) is 36.4 Å². The van der Waals surface area contributed by atoms with Gasteiger partial charge in [0.15, 0.2) is 17.3 Å². The van der Waals surface area contributed by atoms with Crippen LogP contribution in [0, 0.1) is 0 Å². The fraction of sp³-hybridized carbons (Fsp3) is 0.115. The van der Waals surface area contributed by atoms with Gasteiger partial charge >= 0.3 is 0 Å². The monoisotopic (exact) mass is 445 g/mol. The maximum atomic E-state index is 13.7. The first-order valence-electron chi connectivity index (χ1n) is 9.96. The number of para-hydroxylation sites is 1. The van der Waals surface area contributed by atoms with E-state index in [0.717, 1.165) is 0 Å². The fourth-order valence-corrected chi connectivity index (χ4v) is 3.73. The van der Waals surface area contributed by atoms with Crippen molar-refractivity contribution in [1.82, 2.24) is 4.90 Å². The molecule has 1 aromatic heterocycles. The quantitative estimate of drug-likeness (QED) is 0.396. The Balaban J connectivity index is 2.04. The Morgan fingerprint density at radius 3 is 2.34 bits per heavy atom. The van der Waals surface area contributed by atoms with Crippen LogP contribution in [0.5, 0.6) is 0 Å². The van der Waals surface area contributed by atoms with E-state index in [0.29, 0.717) is 38.4 Å². The number of carbonyl (C=O) groups is 3. The number of ketones is 3. The maximum absolute atomic E-state index is 13.7. The van der Waals surface area contributed by atoms with Crippen molar-refractivity contribution in [2.75, 3.05) is 14.1 Å². The molecule has 0 spiro atoms. The van der Waals surface area contributed by atoms with Crippen LogP contribution < -0.4 is 0 Å². The second-order valence-corrected chi connectivity index (χ2v) is 8.09. The van der Waals surface area contributed by atoms with Crippen LogP contribution in [0.3, 0.4) is 0 Å². The number of hydrogen-bond acceptors (Lipinski definition) is 5. The highest BCUT2D eigenvalue weighted by Gasteiger charge is 2.30. The molecule has 4 rings (SSSR count). The fourth-order valence-electron chi connectivity index (χ4n) is 3.60. The molecule has 32 heavy (non-hydrogen) atoms. The Hall–Kier alpha value is -3.70. The van der Waals surface area contributed by atoms with Crippen LogP contribution in [-0.4, -0.2) is 36.3 Å². The lowest BCUT2D eigenvalue weighted by atomic mass is 9.89. The topological polar surface area (TPSA) is 67.6 Å². The first-order chi connectivity index (χ1) is 15.3. The summed E-state index contributed by atoms with van der Waals surface area (Å²) in [6, 6.07) is 13.8. The summed E-state index contributed by atoms with van der Waals surface area (Å²) in [5.41, 5.74) is 2.55. The van der Waals surface area contributed by atoms with E-state index in [4.69, 9.17) is 16.0 Å². The van der Waals surface area contributed by atoms with Crippen molar-refractivity contribution in [3.05, 3.63) is 99.9 Å². The number of furan rings is 1. The summed E-state index contributed by atoms with van der Waals surface area (Å²) < 4.78 is 6.18. The molecule has 0 aliphatic heterocycles. The second kappa shape index (κ2) is 8.44. The summed E-state index contributed by atoms with van der Waals surface area (Å²) >= 11 is 6.00. The Labute approximate surface area is 190 Å². The molecular weight excluding hydrogens is 426 g/mol. The van der Waals surface area contributed by atoms with E-state index >= 15 is 0 Å². The molecule has 0 N–H and O–H groups in total. The highest BCUT2D eigenvalue weighted by atomic mass is 35.5. The normalized spacial score (nSPS) is 14.4. The molecule has 0 unspecified atom stereocenters. The third-order valence-corrected chi connectivity index (χ3v) is 5.66. The van der Waals surface area contributed by atoms with E-state index < -0.39 is 0 Å². The molecule has 0 radical (unpaired) electrons. The lowest BCUT2D eigenvalue weighted by molar-refractivity contribution is -0.114. The van der Waals surface area contributed by atoms with Crippen molar-refractivity contribution in [2.45, 2.75) is 6.92 Å². The van der Waals surface area contributed by atoms with E-state index in [-0.39, 0.29) is 28.7 Å². The molecule has 3 aromatic rings. The van der Waals surface area contributed by atoms with Crippen molar-refractivity contribution in [3.8, 4) is 0 Å². The van der Waals surface area contributed by atoms with E-state index in [2.05, 4.69) is 0 Å². The molecule has 0 saturated carbocycles. The molecule has 1 aliphatic rings. The zero-order valence-corrected chi connectivity index (χ0v) is 18.6. The van der Waals surface area contributed by atoms with Gasteiger partial charge < -0.3 is 9.32 Å². The molecule has 1 heterocycles. The van der Waals surface area contributed by atoms with Gasteiger partial charge in [-0.1, -0.05) is 29.8 Å². The van der Waals surface area contributed by atoms with Gasteiger partial charge in [-0.25, -0.2) is 0 Å². The SMILES string of the molecule is C/C(=C(/C1=CC(=O)C=CC1=O)c1oc2ccccc2c1C(=O)c1ccc(Cl)cc1)N(C)C. The van der Waals surface area contributed by atoms with Crippen molar-refractivity contribution in [1.29, 1.82) is 0 Å². The molecule has 0 bridgehead atoms. The van der Waals surface area contributed by atoms with Crippen LogP contribution in [0.1, 0.15) is 28.6 Å². The molecule has 5 nitrogen and oxygen atoms in total. The minimum absolute atomic E-state index is 0.188. The highest BCUT2D eigenvalue weighted by Crippen LogP contribution is 2.38. The minimum Gasteiger partial charge on any atom is -0.455 e. The third-order valence-electron chi connectivity index (χ3n) is 5.41. The Morgan fingerprint density at radius 1 is 0.969 bits per heavy atom. The molecule has 2 aromatic carbocycles. The molecule has 1 aliphatic carbocycles. The Morgan fingerprint density at radius 2 is 1.66 bits per heavy atom. The number of benzene rings is 2. The number of allylic oxidation sites excluding steroid dienone is 6. The summed E-state index contributed by atoms with van der Waals surface area (Å²) in [6.45, 7) is 1.82. The van der Waals surface area contributed by atoms with Crippen molar-refractivity contribution in [3.63, 3.8) is 0 Å². The molecule has 6 heteroatoms. The molecule has 160 valence electrons. The van der Waals surface area contributed by atoms with E-state index in [1.807, 2.05) is 38.1 Å². The third kappa shape index (κ3) is 3.83. The number of hydrogen-bond donors (Lipinski definition) is 0. The molecule has 0 atom stereocenters. The van der Waals surface area contributed by atoms with Gasteiger partial charge in [0, 0.05) is 46.9 Å². The average molecular weight is 446 g/mol. The standard InChI is InChI=1S/C26H20ClNO4/c1-15(28(2)3)23(20-14-18(29)12-13-21(20)30)26-24(19-6-4-5-7-22(19)32-26)25(31)16-8-10-17(27)11-9-16/h4-14H,1-3H3/b23-15+. The number of nitrogens with zero attached hydrogens (tertiary/aromatic N) is 1. The average Bonchev–Trinajstić information content (AvgIpc) is 3.15. The first-order valence-corrected chi connectivity index (χ1v) is 10.3. The number of rotatable bonds is 5. The molecule has 0 saturated heterocycles. The molecular formula is C26H20ClNO4. The van der Waals surface area contributed by atoms with Crippen molar-refractivity contribution in [2.24, 2.45) is 0 Å². The zero-order chi connectivity index (χ0) is 23.0. The van der Waals surface area contributed by atoms with Crippen LogP contribution in [0.4, 0.5) is 0 Å². The predicted octanol–water partition coefficient (Wildman–Crippen LogP) is 5.24. The summed E-state index contributed by atoms with van der Waals surface area (Å²) in [7, 11) is 3.65. The van der Waals surface area contributed by atoms with Crippen molar-refractivity contribution >= 4 is 45.5 Å². The van der Waals surface area contributed by atoms with Gasteiger partial charge in [-0.3, -0.25) is 14.4 Å². The van der Waals surface area contributed by atoms with E-state index in [1.165, 1.54) is 18.2 Å². The highest BCUT2D eigenvalue weighted by molar-refractivity contribution is 6.31. The Kier molecular flexibility index (Phi) is 5.68. The number of fused-ring (bicyclic) bond motifs is 1. The number of halogens is 1. The lowest BCUT2D eigenvalue weighted by Crippen LogP contribution is -2.17.